The molecule has 0 aromatic carbocycles. The van der Waals surface area contributed by atoms with Crippen molar-refractivity contribution in [3.8, 4) is 0 Å². The Morgan fingerprint density at radius 1 is 0.258 bits per heavy atom. The van der Waals surface area contributed by atoms with Gasteiger partial charge in [-0.2, -0.15) is 0 Å². The number of hydrogen-bond donors (Lipinski definition) is 0. The molecule has 0 aliphatic rings. The fraction of sp³-hybridized carbons (Fsp3) is 0.950. The minimum Gasteiger partial charge on any atom is -0.462 e. The third-order valence-electron chi connectivity index (χ3n) is 13.6. The molecule has 66 heavy (non-hydrogen) atoms. The summed E-state index contributed by atoms with van der Waals surface area (Å²) in [5, 5.41) is 0. The van der Waals surface area contributed by atoms with Gasteiger partial charge in [0.05, 0.1) is 0 Å². The molecule has 0 aliphatic heterocycles. The molecule has 1 atom stereocenters. The standard InChI is InChI=1S/C60H116O6/c1-54(2)46-40-34-28-22-16-12-8-7-9-14-18-25-31-37-43-49-58(61)64-52-57(53-65-59(62)50-44-38-32-26-21-20-24-30-36-42-48-56(5)6)66-60(63)51-45-39-33-27-19-15-11-10-13-17-23-29-35-41-47-55(3)4/h54-57H,7-53H2,1-6H3/t57-/m0/s1. The molecule has 0 saturated carbocycles. The van der Waals surface area contributed by atoms with Gasteiger partial charge in [0.2, 0.25) is 0 Å². The Morgan fingerprint density at radius 2 is 0.439 bits per heavy atom. The second-order valence-corrected chi connectivity index (χ2v) is 22.1. The monoisotopic (exact) mass is 933 g/mol. The molecule has 6 heteroatoms. The number of unbranched alkanes of at least 4 members (excludes halogenated alkanes) is 36. The van der Waals surface area contributed by atoms with E-state index in [1.807, 2.05) is 0 Å². The van der Waals surface area contributed by atoms with E-state index in [2.05, 4.69) is 41.5 Å². The summed E-state index contributed by atoms with van der Waals surface area (Å²) in [6.07, 6.45) is 53.8. The van der Waals surface area contributed by atoms with E-state index in [0.29, 0.717) is 19.3 Å². The van der Waals surface area contributed by atoms with Gasteiger partial charge in [-0.15, -0.1) is 0 Å². The molecule has 0 bridgehead atoms. The predicted octanol–water partition coefficient (Wildman–Crippen LogP) is 19.5. The molecule has 0 fully saturated rings. The average Bonchev–Trinajstić information content (AvgIpc) is 3.28. The molecule has 0 aromatic rings. The summed E-state index contributed by atoms with van der Waals surface area (Å²) in [4.78, 5) is 38.2. The lowest BCUT2D eigenvalue weighted by atomic mass is 10.0. The van der Waals surface area contributed by atoms with Crippen LogP contribution in [0.4, 0.5) is 0 Å². The molecule has 0 aliphatic carbocycles. The predicted molar refractivity (Wildman–Crippen MR) is 284 cm³/mol. The first kappa shape index (κ1) is 64.4. The summed E-state index contributed by atoms with van der Waals surface area (Å²) in [6.45, 7) is 13.8. The Kier molecular flexibility index (Phi) is 50.0. The van der Waals surface area contributed by atoms with Crippen LogP contribution < -0.4 is 0 Å². The van der Waals surface area contributed by atoms with Crippen molar-refractivity contribution in [2.45, 2.75) is 337 Å². The summed E-state index contributed by atoms with van der Waals surface area (Å²) in [5.74, 6) is 1.67. The molecule has 0 spiro atoms. The van der Waals surface area contributed by atoms with E-state index in [-0.39, 0.29) is 31.1 Å². The van der Waals surface area contributed by atoms with Gasteiger partial charge in [0, 0.05) is 19.3 Å². The lowest BCUT2D eigenvalue weighted by molar-refractivity contribution is -0.167. The molecule has 0 heterocycles. The molecule has 6 nitrogen and oxygen atoms in total. The van der Waals surface area contributed by atoms with Gasteiger partial charge in [0.1, 0.15) is 13.2 Å². The Morgan fingerprint density at radius 3 is 0.652 bits per heavy atom. The Labute approximate surface area is 412 Å². The highest BCUT2D eigenvalue weighted by Crippen LogP contribution is 2.19. The quantitative estimate of drug-likeness (QED) is 0.0343. The van der Waals surface area contributed by atoms with Crippen molar-refractivity contribution >= 4 is 17.9 Å². The van der Waals surface area contributed by atoms with Crippen molar-refractivity contribution in [1.82, 2.24) is 0 Å². The SMILES string of the molecule is CC(C)CCCCCCCCCCCCCCCCCC(=O)OC[C@@H](COC(=O)CCCCCCCCCCCCC(C)C)OC(=O)CCCCCCCCCCCCCCCCC(C)C. The molecule has 0 saturated heterocycles. The van der Waals surface area contributed by atoms with E-state index in [4.69, 9.17) is 14.2 Å². The number of ether oxygens (including phenoxy) is 3. The lowest BCUT2D eigenvalue weighted by Crippen LogP contribution is -2.30. The topological polar surface area (TPSA) is 78.9 Å². The highest BCUT2D eigenvalue weighted by Gasteiger charge is 2.19. The maximum absolute atomic E-state index is 12.9. The average molecular weight is 934 g/mol. The molecule has 392 valence electrons. The highest BCUT2D eigenvalue weighted by molar-refractivity contribution is 5.71. The van der Waals surface area contributed by atoms with Crippen LogP contribution in [0.15, 0.2) is 0 Å². The highest BCUT2D eigenvalue weighted by atomic mass is 16.6. The number of carbonyl (C=O) groups is 3. The van der Waals surface area contributed by atoms with E-state index >= 15 is 0 Å². The Bertz CT molecular complexity index is 1020. The second kappa shape index (κ2) is 51.3. The summed E-state index contributed by atoms with van der Waals surface area (Å²) in [5.41, 5.74) is 0. The molecule has 0 amide bonds. The van der Waals surface area contributed by atoms with Crippen molar-refractivity contribution in [1.29, 1.82) is 0 Å². The van der Waals surface area contributed by atoms with Crippen molar-refractivity contribution in [2.75, 3.05) is 13.2 Å². The van der Waals surface area contributed by atoms with Gasteiger partial charge in [-0.25, -0.2) is 0 Å². The first-order chi connectivity index (χ1) is 32.1. The van der Waals surface area contributed by atoms with Crippen LogP contribution in [0.25, 0.3) is 0 Å². The van der Waals surface area contributed by atoms with Crippen LogP contribution in [-0.2, 0) is 28.6 Å². The Balaban J connectivity index is 4.29. The minimum absolute atomic E-state index is 0.0633. The van der Waals surface area contributed by atoms with Gasteiger partial charge in [-0.3, -0.25) is 14.4 Å². The summed E-state index contributed by atoms with van der Waals surface area (Å²) in [7, 11) is 0. The van der Waals surface area contributed by atoms with Gasteiger partial charge in [0.15, 0.2) is 6.10 Å². The smallest absolute Gasteiger partial charge is 0.306 e. The lowest BCUT2D eigenvalue weighted by Gasteiger charge is -2.18. The third-order valence-corrected chi connectivity index (χ3v) is 13.6. The summed E-state index contributed by atoms with van der Waals surface area (Å²) in [6, 6.07) is 0. The number of rotatable bonds is 53. The van der Waals surface area contributed by atoms with Crippen LogP contribution in [0.2, 0.25) is 0 Å². The van der Waals surface area contributed by atoms with Crippen molar-refractivity contribution in [3.63, 3.8) is 0 Å². The molecular formula is C60H116O6. The van der Waals surface area contributed by atoms with Gasteiger partial charge in [-0.05, 0) is 37.0 Å². The van der Waals surface area contributed by atoms with Crippen LogP contribution in [-0.4, -0.2) is 37.2 Å². The van der Waals surface area contributed by atoms with Crippen LogP contribution in [0, 0.1) is 17.8 Å². The fourth-order valence-corrected chi connectivity index (χ4v) is 9.18. The first-order valence-corrected chi connectivity index (χ1v) is 29.6. The summed E-state index contributed by atoms with van der Waals surface area (Å²) >= 11 is 0. The zero-order chi connectivity index (χ0) is 48.4. The zero-order valence-corrected chi connectivity index (χ0v) is 45.5. The van der Waals surface area contributed by atoms with Crippen molar-refractivity contribution in [3.05, 3.63) is 0 Å². The zero-order valence-electron chi connectivity index (χ0n) is 45.5. The first-order valence-electron chi connectivity index (χ1n) is 29.6. The van der Waals surface area contributed by atoms with Gasteiger partial charge in [-0.1, -0.05) is 292 Å². The third kappa shape index (κ3) is 53.4. The molecule has 0 radical (unpaired) electrons. The van der Waals surface area contributed by atoms with Gasteiger partial charge >= 0.3 is 17.9 Å². The van der Waals surface area contributed by atoms with E-state index in [1.165, 1.54) is 212 Å². The van der Waals surface area contributed by atoms with Crippen molar-refractivity contribution < 1.29 is 28.6 Å². The number of esters is 3. The maximum Gasteiger partial charge on any atom is 0.306 e. The van der Waals surface area contributed by atoms with Gasteiger partial charge in [0.25, 0.3) is 0 Å². The van der Waals surface area contributed by atoms with Crippen LogP contribution in [0.3, 0.4) is 0 Å². The van der Waals surface area contributed by atoms with E-state index < -0.39 is 6.10 Å². The molecule has 0 N–H and O–H groups in total. The maximum atomic E-state index is 12.9. The van der Waals surface area contributed by atoms with Crippen molar-refractivity contribution in [2.24, 2.45) is 17.8 Å². The largest absolute Gasteiger partial charge is 0.462 e. The normalized spacial score (nSPS) is 12.1. The van der Waals surface area contributed by atoms with E-state index in [0.717, 1.165) is 75.5 Å². The molecule has 0 unspecified atom stereocenters. The minimum atomic E-state index is -0.764. The molecule has 0 aromatic heterocycles. The fourth-order valence-electron chi connectivity index (χ4n) is 9.18. The number of hydrogen-bond acceptors (Lipinski definition) is 6. The molecular weight excluding hydrogens is 817 g/mol. The van der Waals surface area contributed by atoms with E-state index in [9.17, 15) is 14.4 Å². The Hall–Kier alpha value is -1.59. The van der Waals surface area contributed by atoms with Gasteiger partial charge < -0.3 is 14.2 Å². The van der Waals surface area contributed by atoms with E-state index in [1.54, 1.807) is 0 Å². The second-order valence-electron chi connectivity index (χ2n) is 22.1. The van der Waals surface area contributed by atoms with Crippen LogP contribution >= 0.6 is 0 Å². The molecule has 0 rings (SSSR count). The van der Waals surface area contributed by atoms with Crippen LogP contribution in [0.5, 0.6) is 0 Å². The summed E-state index contributed by atoms with van der Waals surface area (Å²) < 4.78 is 16.9. The number of carbonyl (C=O) groups excluding carboxylic acids is 3. The van der Waals surface area contributed by atoms with Crippen LogP contribution in [0.1, 0.15) is 330 Å².